The van der Waals surface area contributed by atoms with Gasteiger partial charge < -0.3 is 14.6 Å². The molecule has 5 nitrogen and oxygen atoms in total. The molecule has 1 aromatic rings. The van der Waals surface area contributed by atoms with E-state index in [1.165, 1.54) is 12.8 Å². The predicted octanol–water partition coefficient (Wildman–Crippen LogP) is 1.22. The molecule has 3 rings (SSSR count). The van der Waals surface area contributed by atoms with Gasteiger partial charge in [0.25, 0.3) is 5.89 Å². The van der Waals surface area contributed by atoms with E-state index in [1.807, 2.05) is 0 Å². The minimum Gasteiger partial charge on any atom is -0.368 e. The van der Waals surface area contributed by atoms with Crippen LogP contribution in [0.2, 0.25) is 0 Å². The molecule has 1 aromatic heterocycles. The van der Waals surface area contributed by atoms with Gasteiger partial charge in [0.2, 0.25) is 0 Å². The van der Waals surface area contributed by atoms with E-state index >= 15 is 0 Å². The highest BCUT2D eigenvalue weighted by Crippen LogP contribution is 2.38. The van der Waals surface area contributed by atoms with Gasteiger partial charge in [-0.15, -0.1) is 0 Å². The number of hydrogen-bond donors (Lipinski definition) is 1. The zero-order chi connectivity index (χ0) is 10.8. The van der Waals surface area contributed by atoms with E-state index in [4.69, 9.17) is 9.26 Å². The lowest BCUT2D eigenvalue weighted by molar-refractivity contribution is 0.00859. The zero-order valence-electron chi connectivity index (χ0n) is 9.32. The maximum atomic E-state index is 5.75. The molecule has 0 unspecified atom stereocenters. The maximum Gasteiger partial charge on any atom is 0.252 e. The molecule has 0 aromatic carbocycles. The highest BCUT2D eigenvalue weighted by Gasteiger charge is 2.28. The van der Waals surface area contributed by atoms with Gasteiger partial charge in [-0.2, -0.15) is 4.98 Å². The van der Waals surface area contributed by atoms with Crippen LogP contribution in [-0.4, -0.2) is 29.3 Å². The SMILES string of the molecule is C1CC(OCc2nc(C3CC3)no2)CCN1. The molecule has 2 fully saturated rings. The number of hydrogen-bond acceptors (Lipinski definition) is 5. The van der Waals surface area contributed by atoms with E-state index in [1.54, 1.807) is 0 Å². The molecule has 2 aliphatic rings. The molecule has 1 N–H and O–H groups in total. The molecular formula is C11H17N3O2. The molecule has 1 saturated carbocycles. The summed E-state index contributed by atoms with van der Waals surface area (Å²) in [6.45, 7) is 2.55. The first kappa shape index (κ1) is 10.2. The van der Waals surface area contributed by atoms with Crippen LogP contribution >= 0.6 is 0 Å². The van der Waals surface area contributed by atoms with Gasteiger partial charge in [0.1, 0.15) is 6.61 Å². The highest BCUT2D eigenvalue weighted by atomic mass is 16.5. The lowest BCUT2D eigenvalue weighted by Crippen LogP contribution is -2.32. The fourth-order valence-corrected chi connectivity index (χ4v) is 1.99. The second kappa shape index (κ2) is 4.51. The van der Waals surface area contributed by atoms with Crippen LogP contribution in [0, 0.1) is 0 Å². The minimum atomic E-state index is 0.345. The fourth-order valence-electron chi connectivity index (χ4n) is 1.99. The third-order valence-corrected chi connectivity index (χ3v) is 3.15. The van der Waals surface area contributed by atoms with Crippen molar-refractivity contribution in [3.8, 4) is 0 Å². The number of aromatic nitrogens is 2. The van der Waals surface area contributed by atoms with Crippen molar-refractivity contribution < 1.29 is 9.26 Å². The first-order valence-corrected chi connectivity index (χ1v) is 6.06. The summed E-state index contributed by atoms with van der Waals surface area (Å²) in [5, 5.41) is 7.27. The lowest BCUT2D eigenvalue weighted by Gasteiger charge is -2.21. The van der Waals surface area contributed by atoms with Crippen molar-refractivity contribution in [1.82, 2.24) is 15.5 Å². The Morgan fingerprint density at radius 1 is 1.25 bits per heavy atom. The summed E-state index contributed by atoms with van der Waals surface area (Å²) < 4.78 is 10.9. The Labute approximate surface area is 94.6 Å². The summed E-state index contributed by atoms with van der Waals surface area (Å²) >= 11 is 0. The van der Waals surface area contributed by atoms with Crippen molar-refractivity contribution in [3.63, 3.8) is 0 Å². The van der Waals surface area contributed by atoms with Crippen LogP contribution in [0.4, 0.5) is 0 Å². The maximum absolute atomic E-state index is 5.75. The molecule has 1 aliphatic carbocycles. The van der Waals surface area contributed by atoms with Crippen molar-refractivity contribution in [3.05, 3.63) is 11.7 Å². The van der Waals surface area contributed by atoms with Crippen molar-refractivity contribution in [2.24, 2.45) is 0 Å². The Kier molecular flexibility index (Phi) is 2.88. The van der Waals surface area contributed by atoms with E-state index in [9.17, 15) is 0 Å². The lowest BCUT2D eigenvalue weighted by atomic mass is 10.1. The summed E-state index contributed by atoms with van der Waals surface area (Å²) in [4.78, 5) is 4.34. The van der Waals surface area contributed by atoms with Crippen LogP contribution in [0.5, 0.6) is 0 Å². The van der Waals surface area contributed by atoms with Crippen molar-refractivity contribution in [2.45, 2.75) is 44.3 Å². The van der Waals surface area contributed by atoms with Gasteiger partial charge in [0, 0.05) is 5.92 Å². The average molecular weight is 223 g/mol. The van der Waals surface area contributed by atoms with Crippen LogP contribution in [-0.2, 0) is 11.3 Å². The Bertz CT molecular complexity index is 343. The first-order chi connectivity index (χ1) is 7.92. The predicted molar refractivity (Wildman–Crippen MR) is 57.0 cm³/mol. The third-order valence-electron chi connectivity index (χ3n) is 3.15. The Balaban J connectivity index is 1.49. The molecule has 0 radical (unpaired) electrons. The summed E-state index contributed by atoms with van der Waals surface area (Å²) in [7, 11) is 0. The Hall–Kier alpha value is -0.940. The number of piperidine rings is 1. The molecular weight excluding hydrogens is 206 g/mol. The summed E-state index contributed by atoms with van der Waals surface area (Å²) in [5.41, 5.74) is 0. The smallest absolute Gasteiger partial charge is 0.252 e. The average Bonchev–Trinajstić information content (AvgIpc) is 3.08. The highest BCUT2D eigenvalue weighted by molar-refractivity contribution is 5.02. The van der Waals surface area contributed by atoms with E-state index in [-0.39, 0.29) is 0 Å². The van der Waals surface area contributed by atoms with Crippen molar-refractivity contribution in [2.75, 3.05) is 13.1 Å². The molecule has 0 spiro atoms. The molecule has 0 amide bonds. The second-order valence-electron chi connectivity index (χ2n) is 4.58. The molecule has 1 saturated heterocycles. The molecule has 16 heavy (non-hydrogen) atoms. The molecule has 0 bridgehead atoms. The van der Waals surface area contributed by atoms with Gasteiger partial charge in [0.15, 0.2) is 5.82 Å². The minimum absolute atomic E-state index is 0.345. The Morgan fingerprint density at radius 2 is 2.06 bits per heavy atom. The molecule has 1 aliphatic heterocycles. The van der Waals surface area contributed by atoms with Crippen molar-refractivity contribution in [1.29, 1.82) is 0 Å². The van der Waals surface area contributed by atoms with Crippen molar-refractivity contribution >= 4 is 0 Å². The monoisotopic (exact) mass is 223 g/mol. The number of rotatable bonds is 4. The number of nitrogens with one attached hydrogen (secondary N) is 1. The first-order valence-electron chi connectivity index (χ1n) is 6.06. The number of ether oxygens (including phenoxy) is 1. The van der Waals surface area contributed by atoms with Gasteiger partial charge in [-0.25, -0.2) is 0 Å². The van der Waals surface area contributed by atoms with Crippen LogP contribution in [0.3, 0.4) is 0 Å². The van der Waals surface area contributed by atoms with Gasteiger partial charge in [-0.3, -0.25) is 0 Å². The van der Waals surface area contributed by atoms with Gasteiger partial charge in [0.05, 0.1) is 6.10 Å². The van der Waals surface area contributed by atoms with E-state index < -0.39 is 0 Å². The fraction of sp³-hybridized carbons (Fsp3) is 0.818. The van der Waals surface area contributed by atoms with Crippen LogP contribution in [0.25, 0.3) is 0 Å². The topological polar surface area (TPSA) is 60.2 Å². The van der Waals surface area contributed by atoms with Gasteiger partial charge >= 0.3 is 0 Å². The van der Waals surface area contributed by atoms with Crippen LogP contribution in [0.1, 0.15) is 43.3 Å². The van der Waals surface area contributed by atoms with E-state index in [0.29, 0.717) is 24.5 Å². The van der Waals surface area contributed by atoms with Gasteiger partial charge in [-0.05, 0) is 38.8 Å². The van der Waals surface area contributed by atoms with E-state index in [2.05, 4.69) is 15.5 Å². The summed E-state index contributed by atoms with van der Waals surface area (Å²) in [5.74, 6) is 2.04. The molecule has 2 heterocycles. The van der Waals surface area contributed by atoms with Crippen LogP contribution < -0.4 is 5.32 Å². The second-order valence-corrected chi connectivity index (χ2v) is 4.58. The number of nitrogens with zero attached hydrogens (tertiary/aromatic N) is 2. The zero-order valence-corrected chi connectivity index (χ0v) is 9.32. The molecule has 5 heteroatoms. The standard InChI is InChI=1S/C11H17N3O2/c1-2-8(1)11-13-10(16-14-11)7-15-9-3-5-12-6-4-9/h8-9,12H,1-7H2. The summed E-state index contributed by atoms with van der Waals surface area (Å²) in [6.07, 6.45) is 4.90. The van der Waals surface area contributed by atoms with E-state index in [0.717, 1.165) is 31.8 Å². The van der Waals surface area contributed by atoms with Gasteiger partial charge in [-0.1, -0.05) is 5.16 Å². The third kappa shape index (κ3) is 2.41. The summed E-state index contributed by atoms with van der Waals surface area (Å²) in [6, 6.07) is 0. The van der Waals surface area contributed by atoms with Crippen LogP contribution in [0.15, 0.2) is 4.52 Å². The quantitative estimate of drug-likeness (QED) is 0.831. The normalized spacial score (nSPS) is 22.5. The molecule has 0 atom stereocenters. The Morgan fingerprint density at radius 3 is 2.81 bits per heavy atom. The molecule has 88 valence electrons. The largest absolute Gasteiger partial charge is 0.368 e.